The summed E-state index contributed by atoms with van der Waals surface area (Å²) < 4.78 is 2.32. The first-order chi connectivity index (χ1) is 16.2. The molecule has 1 aliphatic rings. The summed E-state index contributed by atoms with van der Waals surface area (Å²) in [7, 11) is 3.56. The number of aryl methyl sites for hydroxylation is 3. The molecule has 6 nitrogen and oxygen atoms in total. The maximum atomic E-state index is 13.2. The number of benzene rings is 1. The topological polar surface area (TPSA) is 68.1 Å². The van der Waals surface area contributed by atoms with Crippen LogP contribution < -0.4 is 0 Å². The van der Waals surface area contributed by atoms with E-state index in [2.05, 4.69) is 60.7 Å². The number of hydrogen-bond acceptors (Lipinski definition) is 4. The first kappa shape index (κ1) is 26.1. The second-order valence-corrected chi connectivity index (χ2v) is 10.7. The van der Waals surface area contributed by atoms with Crippen LogP contribution in [0.4, 0.5) is 0 Å². The Hall–Kier alpha value is -2.50. The molecule has 0 saturated heterocycles. The number of hydrogen-bond donors (Lipinski definition) is 0. The van der Waals surface area contributed by atoms with Crippen molar-refractivity contribution in [3.8, 4) is 0 Å². The van der Waals surface area contributed by atoms with E-state index in [1.54, 1.807) is 19.0 Å². The third-order valence-corrected chi connectivity index (χ3v) is 6.82. The fourth-order valence-corrected chi connectivity index (χ4v) is 4.63. The zero-order valence-electron chi connectivity index (χ0n) is 21.9. The first-order valence-electron chi connectivity index (χ1n) is 12.9. The van der Waals surface area contributed by atoms with Crippen LogP contribution in [0.3, 0.4) is 0 Å². The Morgan fingerprint density at radius 3 is 2.47 bits per heavy atom. The van der Waals surface area contributed by atoms with Gasteiger partial charge in [-0.25, -0.2) is 0 Å². The maximum absolute atomic E-state index is 13.2. The largest absolute Gasteiger partial charge is 0.349 e. The second-order valence-electron chi connectivity index (χ2n) is 10.7. The predicted molar refractivity (Wildman–Crippen MR) is 136 cm³/mol. The fraction of sp³-hybridized carbons (Fsp3) is 0.643. The number of aromatic nitrogens is 3. The lowest BCUT2D eigenvalue weighted by Gasteiger charge is -2.19. The predicted octanol–water partition coefficient (Wildman–Crippen LogP) is 5.36. The van der Waals surface area contributed by atoms with Crippen LogP contribution in [0.2, 0.25) is 0 Å². The van der Waals surface area contributed by atoms with E-state index >= 15 is 0 Å². The van der Waals surface area contributed by atoms with E-state index in [4.69, 9.17) is 0 Å². The number of Topliss-reactive ketones (excluding diaryl/α,β-unsaturated/α-hetero) is 1. The smallest absolute Gasteiger partial charge is 0.222 e. The van der Waals surface area contributed by atoms with E-state index in [0.717, 1.165) is 48.5 Å². The molecule has 1 saturated carbocycles. The summed E-state index contributed by atoms with van der Waals surface area (Å²) in [5, 5.41) is 9.20. The van der Waals surface area contributed by atoms with Crippen molar-refractivity contribution in [3.63, 3.8) is 0 Å². The van der Waals surface area contributed by atoms with Crippen molar-refractivity contribution < 1.29 is 9.59 Å². The minimum absolute atomic E-state index is 0.0847. The van der Waals surface area contributed by atoms with E-state index in [1.165, 1.54) is 12.0 Å². The van der Waals surface area contributed by atoms with Gasteiger partial charge in [0.2, 0.25) is 5.91 Å². The summed E-state index contributed by atoms with van der Waals surface area (Å²) >= 11 is 0. The van der Waals surface area contributed by atoms with E-state index in [-0.39, 0.29) is 17.6 Å². The number of nitrogens with zero attached hydrogens (tertiary/aromatic N) is 4. The molecule has 1 amide bonds. The lowest BCUT2D eigenvalue weighted by molar-refractivity contribution is -0.129. The highest BCUT2D eigenvalue weighted by Gasteiger charge is 2.33. The van der Waals surface area contributed by atoms with Gasteiger partial charge < -0.3 is 9.47 Å². The van der Waals surface area contributed by atoms with Gasteiger partial charge in [0, 0.05) is 51.7 Å². The standard InChI is InChI=1S/C28H42N4O2/c1-19(2)8-7-9-26-29-30-28(32(26)24-13-14-24)23(12-15-27(34)31(5)6)18-25(33)17-22-11-10-20(3)16-21(22)4/h10-11,16,19,23-24H,7-9,12-15,17-18H2,1-6H3. The average molecular weight is 467 g/mol. The van der Waals surface area contributed by atoms with Gasteiger partial charge in [0.15, 0.2) is 0 Å². The van der Waals surface area contributed by atoms with Gasteiger partial charge in [0.1, 0.15) is 17.4 Å². The summed E-state index contributed by atoms with van der Waals surface area (Å²) in [6, 6.07) is 6.70. The minimum atomic E-state index is -0.0888. The van der Waals surface area contributed by atoms with Crippen LogP contribution >= 0.6 is 0 Å². The van der Waals surface area contributed by atoms with Gasteiger partial charge in [-0.15, -0.1) is 10.2 Å². The molecule has 1 heterocycles. The molecular weight excluding hydrogens is 424 g/mol. The molecule has 0 N–H and O–H groups in total. The summed E-state index contributed by atoms with van der Waals surface area (Å²) in [6.45, 7) is 8.63. The highest BCUT2D eigenvalue weighted by molar-refractivity contribution is 5.82. The van der Waals surface area contributed by atoms with Crippen LogP contribution in [0.1, 0.15) is 99.1 Å². The van der Waals surface area contributed by atoms with Crippen LogP contribution in [0.25, 0.3) is 0 Å². The molecule has 0 radical (unpaired) electrons. The molecular formula is C28H42N4O2. The zero-order valence-corrected chi connectivity index (χ0v) is 21.9. The molecule has 34 heavy (non-hydrogen) atoms. The summed E-state index contributed by atoms with van der Waals surface area (Å²) in [5.74, 6) is 2.81. The quantitative estimate of drug-likeness (QED) is 0.398. The van der Waals surface area contributed by atoms with Crippen molar-refractivity contribution in [2.75, 3.05) is 14.1 Å². The molecule has 1 aliphatic carbocycles. The SMILES string of the molecule is Cc1ccc(CC(=O)CC(CCC(=O)N(C)C)c2nnc(CCCC(C)C)n2C2CC2)c(C)c1. The Kier molecular flexibility index (Phi) is 9.03. The van der Waals surface area contributed by atoms with Gasteiger partial charge in [0.05, 0.1) is 0 Å². The Bertz CT molecular complexity index is 988. The van der Waals surface area contributed by atoms with Crippen molar-refractivity contribution in [2.45, 2.75) is 97.4 Å². The molecule has 2 aromatic rings. The summed E-state index contributed by atoms with van der Waals surface area (Å²) in [5.41, 5.74) is 3.44. The third-order valence-electron chi connectivity index (χ3n) is 6.82. The Balaban J connectivity index is 1.80. The summed E-state index contributed by atoms with van der Waals surface area (Å²) in [4.78, 5) is 27.2. The number of ketones is 1. The monoisotopic (exact) mass is 466 g/mol. The van der Waals surface area contributed by atoms with Crippen LogP contribution in [-0.4, -0.2) is 45.5 Å². The van der Waals surface area contributed by atoms with E-state index < -0.39 is 0 Å². The number of carbonyl (C=O) groups is 2. The molecule has 1 fully saturated rings. The van der Waals surface area contributed by atoms with Crippen molar-refractivity contribution in [1.82, 2.24) is 19.7 Å². The molecule has 0 spiro atoms. The number of rotatable bonds is 13. The van der Waals surface area contributed by atoms with Gasteiger partial charge in [-0.1, -0.05) is 44.0 Å². The highest BCUT2D eigenvalue weighted by atomic mass is 16.2. The number of amides is 1. The Morgan fingerprint density at radius 2 is 1.85 bits per heavy atom. The molecule has 6 heteroatoms. The highest BCUT2D eigenvalue weighted by Crippen LogP contribution is 2.40. The molecule has 1 atom stereocenters. The Labute approximate surface area is 205 Å². The van der Waals surface area contributed by atoms with Crippen LogP contribution in [-0.2, 0) is 22.4 Å². The van der Waals surface area contributed by atoms with Crippen molar-refractivity contribution in [2.24, 2.45) is 5.92 Å². The molecule has 0 bridgehead atoms. The lowest BCUT2D eigenvalue weighted by atomic mass is 9.92. The van der Waals surface area contributed by atoms with E-state index in [0.29, 0.717) is 37.6 Å². The molecule has 3 rings (SSSR count). The minimum Gasteiger partial charge on any atom is -0.349 e. The zero-order chi connectivity index (χ0) is 24.8. The second kappa shape index (κ2) is 11.8. The molecule has 186 valence electrons. The number of carbonyl (C=O) groups excluding carboxylic acids is 2. The molecule has 1 aromatic heterocycles. The van der Waals surface area contributed by atoms with E-state index in [1.807, 2.05) is 0 Å². The van der Waals surface area contributed by atoms with Crippen LogP contribution in [0.15, 0.2) is 18.2 Å². The van der Waals surface area contributed by atoms with Crippen molar-refractivity contribution in [1.29, 1.82) is 0 Å². The van der Waals surface area contributed by atoms with Crippen LogP contribution in [0, 0.1) is 19.8 Å². The fourth-order valence-electron chi connectivity index (χ4n) is 4.63. The average Bonchev–Trinajstić information content (AvgIpc) is 3.52. The maximum Gasteiger partial charge on any atom is 0.222 e. The van der Waals surface area contributed by atoms with Gasteiger partial charge in [0.25, 0.3) is 0 Å². The third kappa shape index (κ3) is 7.25. The Morgan fingerprint density at radius 1 is 1.12 bits per heavy atom. The summed E-state index contributed by atoms with van der Waals surface area (Å²) in [6.07, 6.45) is 7.31. The van der Waals surface area contributed by atoms with Crippen molar-refractivity contribution >= 4 is 11.7 Å². The molecule has 1 aromatic carbocycles. The van der Waals surface area contributed by atoms with Gasteiger partial charge >= 0.3 is 0 Å². The lowest BCUT2D eigenvalue weighted by Crippen LogP contribution is -2.23. The van der Waals surface area contributed by atoms with Gasteiger partial charge in [-0.2, -0.15) is 0 Å². The van der Waals surface area contributed by atoms with Crippen molar-refractivity contribution in [3.05, 3.63) is 46.5 Å². The van der Waals surface area contributed by atoms with Crippen LogP contribution in [0.5, 0.6) is 0 Å². The van der Waals surface area contributed by atoms with E-state index in [9.17, 15) is 9.59 Å². The first-order valence-corrected chi connectivity index (χ1v) is 12.9. The normalized spacial score (nSPS) is 14.4. The molecule has 0 aliphatic heterocycles. The van der Waals surface area contributed by atoms with Gasteiger partial charge in [-0.05, 0) is 56.6 Å². The van der Waals surface area contributed by atoms with Gasteiger partial charge in [-0.3, -0.25) is 9.59 Å². The molecule has 1 unspecified atom stereocenters.